The maximum Gasteiger partial charge on any atom is 0.223 e. The maximum absolute atomic E-state index is 12.4. The summed E-state index contributed by atoms with van der Waals surface area (Å²) in [7, 11) is 2.11. The third-order valence-corrected chi connectivity index (χ3v) is 5.14. The van der Waals surface area contributed by atoms with Crippen molar-refractivity contribution in [2.75, 3.05) is 26.7 Å². The summed E-state index contributed by atoms with van der Waals surface area (Å²) in [5.74, 6) is 0.259. The average Bonchev–Trinajstić information content (AvgIpc) is 2.87. The number of carbonyl (C=O) groups is 1. The number of nitrogens with zero attached hydrogens (tertiary/aromatic N) is 3. The van der Waals surface area contributed by atoms with Gasteiger partial charge < -0.3 is 9.80 Å². The van der Waals surface area contributed by atoms with E-state index in [4.69, 9.17) is 0 Å². The number of hydrogen-bond donors (Lipinski definition) is 0. The van der Waals surface area contributed by atoms with Gasteiger partial charge in [-0.15, -0.1) is 11.3 Å². The lowest BCUT2D eigenvalue weighted by atomic mass is 10.1. The summed E-state index contributed by atoms with van der Waals surface area (Å²) in [6, 6.07) is 8.46. The van der Waals surface area contributed by atoms with E-state index in [1.54, 1.807) is 11.3 Å². The average molecular weight is 303 g/mol. The van der Waals surface area contributed by atoms with Crippen LogP contribution in [0.25, 0.3) is 10.2 Å². The van der Waals surface area contributed by atoms with Gasteiger partial charge in [-0.05, 0) is 26.1 Å². The van der Waals surface area contributed by atoms with E-state index in [1.165, 1.54) is 4.70 Å². The molecule has 1 amide bonds. The molecule has 4 nitrogen and oxygen atoms in total. The highest BCUT2D eigenvalue weighted by atomic mass is 32.1. The largest absolute Gasteiger partial charge is 0.337 e. The van der Waals surface area contributed by atoms with Gasteiger partial charge in [0.15, 0.2) is 0 Å². The van der Waals surface area contributed by atoms with Gasteiger partial charge in [0.05, 0.1) is 15.2 Å². The minimum Gasteiger partial charge on any atom is -0.337 e. The molecule has 1 aromatic carbocycles. The van der Waals surface area contributed by atoms with Crippen LogP contribution in [-0.4, -0.2) is 53.4 Å². The molecule has 2 heterocycles. The van der Waals surface area contributed by atoms with Gasteiger partial charge in [0.2, 0.25) is 5.91 Å². The smallest absolute Gasteiger partial charge is 0.223 e. The zero-order valence-electron chi connectivity index (χ0n) is 12.6. The second-order valence-corrected chi connectivity index (χ2v) is 6.89. The highest BCUT2D eigenvalue weighted by molar-refractivity contribution is 7.18. The van der Waals surface area contributed by atoms with E-state index < -0.39 is 0 Å². The Balaban J connectivity index is 1.60. The molecule has 0 aliphatic carbocycles. The first-order valence-corrected chi connectivity index (χ1v) is 8.27. The van der Waals surface area contributed by atoms with Gasteiger partial charge in [0.1, 0.15) is 0 Å². The molecule has 5 heteroatoms. The van der Waals surface area contributed by atoms with Crippen molar-refractivity contribution in [3.05, 3.63) is 29.3 Å². The quantitative estimate of drug-likeness (QED) is 0.873. The number of amides is 1. The molecular formula is C16H21N3OS. The van der Waals surface area contributed by atoms with Crippen LogP contribution in [0.3, 0.4) is 0 Å². The molecule has 1 atom stereocenters. The van der Waals surface area contributed by atoms with Gasteiger partial charge in [-0.25, -0.2) is 4.98 Å². The molecule has 1 aliphatic rings. The number of thiazole rings is 1. The Morgan fingerprint density at radius 3 is 2.95 bits per heavy atom. The number of likely N-dealkylation sites (N-methyl/N-ethyl adjacent to an activating group) is 1. The highest BCUT2D eigenvalue weighted by Gasteiger charge is 2.25. The van der Waals surface area contributed by atoms with E-state index >= 15 is 0 Å². The van der Waals surface area contributed by atoms with E-state index in [9.17, 15) is 4.79 Å². The van der Waals surface area contributed by atoms with Crippen LogP contribution < -0.4 is 0 Å². The molecule has 1 aliphatic heterocycles. The van der Waals surface area contributed by atoms with Crippen LogP contribution in [0, 0.1) is 0 Å². The van der Waals surface area contributed by atoms with Crippen molar-refractivity contribution in [3.8, 4) is 0 Å². The maximum atomic E-state index is 12.4. The highest BCUT2D eigenvalue weighted by Crippen LogP contribution is 2.22. The van der Waals surface area contributed by atoms with Crippen LogP contribution in [0.5, 0.6) is 0 Å². The monoisotopic (exact) mass is 303 g/mol. The molecule has 21 heavy (non-hydrogen) atoms. The molecule has 0 bridgehead atoms. The van der Waals surface area contributed by atoms with Crippen molar-refractivity contribution >= 4 is 27.5 Å². The Labute approximate surface area is 129 Å². The Morgan fingerprint density at radius 2 is 2.19 bits per heavy atom. The lowest BCUT2D eigenvalue weighted by Crippen LogP contribution is -2.52. The first-order chi connectivity index (χ1) is 10.1. The van der Waals surface area contributed by atoms with E-state index in [0.717, 1.165) is 36.6 Å². The van der Waals surface area contributed by atoms with Crippen LogP contribution in [0.15, 0.2) is 24.3 Å². The summed E-state index contributed by atoms with van der Waals surface area (Å²) < 4.78 is 1.20. The predicted molar refractivity (Wildman–Crippen MR) is 86.6 cm³/mol. The second kappa shape index (κ2) is 6.12. The summed E-state index contributed by atoms with van der Waals surface area (Å²) in [6.07, 6.45) is 1.31. The van der Waals surface area contributed by atoms with Gasteiger partial charge in [0, 0.05) is 38.5 Å². The molecule has 112 valence electrons. The predicted octanol–water partition coefficient (Wildman–Crippen LogP) is 2.39. The summed E-state index contributed by atoms with van der Waals surface area (Å²) in [5, 5.41) is 1.06. The van der Waals surface area contributed by atoms with Crippen molar-refractivity contribution in [1.29, 1.82) is 0 Å². The number of para-hydroxylation sites is 1. The van der Waals surface area contributed by atoms with Crippen LogP contribution >= 0.6 is 11.3 Å². The molecule has 0 spiro atoms. The molecule has 1 fully saturated rings. The minimum absolute atomic E-state index is 0.259. The Kier molecular flexibility index (Phi) is 4.22. The molecule has 1 saturated heterocycles. The summed E-state index contributed by atoms with van der Waals surface area (Å²) in [6.45, 7) is 4.91. The fraction of sp³-hybridized carbons (Fsp3) is 0.500. The zero-order valence-corrected chi connectivity index (χ0v) is 13.4. The zero-order chi connectivity index (χ0) is 14.8. The second-order valence-electron chi connectivity index (χ2n) is 5.77. The third kappa shape index (κ3) is 3.24. The minimum atomic E-state index is 0.259. The van der Waals surface area contributed by atoms with Crippen LogP contribution in [0.2, 0.25) is 0 Å². The molecule has 3 rings (SSSR count). The Morgan fingerprint density at radius 1 is 1.38 bits per heavy atom. The van der Waals surface area contributed by atoms with Gasteiger partial charge in [-0.1, -0.05) is 12.1 Å². The molecule has 0 radical (unpaired) electrons. The van der Waals surface area contributed by atoms with Crippen molar-refractivity contribution in [2.45, 2.75) is 25.8 Å². The van der Waals surface area contributed by atoms with Crippen molar-refractivity contribution < 1.29 is 4.79 Å². The number of benzene rings is 1. The number of piperazine rings is 1. The van der Waals surface area contributed by atoms with Gasteiger partial charge in [0.25, 0.3) is 0 Å². The van der Waals surface area contributed by atoms with E-state index in [0.29, 0.717) is 12.5 Å². The summed E-state index contributed by atoms with van der Waals surface area (Å²) >= 11 is 1.70. The van der Waals surface area contributed by atoms with Crippen molar-refractivity contribution in [1.82, 2.24) is 14.8 Å². The van der Waals surface area contributed by atoms with E-state index in [1.807, 2.05) is 23.1 Å². The third-order valence-electron chi connectivity index (χ3n) is 4.04. The SMILES string of the molecule is C[C@H]1CN(C)CCN1C(=O)CCc1nc2ccccc2s1. The fourth-order valence-electron chi connectivity index (χ4n) is 2.89. The summed E-state index contributed by atoms with van der Waals surface area (Å²) in [4.78, 5) is 21.3. The van der Waals surface area contributed by atoms with Gasteiger partial charge >= 0.3 is 0 Å². The lowest BCUT2D eigenvalue weighted by molar-refractivity contribution is -0.135. The topological polar surface area (TPSA) is 36.4 Å². The van der Waals surface area contributed by atoms with Crippen LogP contribution in [-0.2, 0) is 11.2 Å². The summed E-state index contributed by atoms with van der Waals surface area (Å²) in [5.41, 5.74) is 1.04. The van der Waals surface area contributed by atoms with Crippen LogP contribution in [0.4, 0.5) is 0 Å². The molecule has 0 saturated carbocycles. The van der Waals surface area contributed by atoms with E-state index in [-0.39, 0.29) is 5.91 Å². The number of hydrogen-bond acceptors (Lipinski definition) is 4. The standard InChI is InChI=1S/C16H21N3OS/c1-12-11-18(2)9-10-19(12)16(20)8-7-15-17-13-5-3-4-6-14(13)21-15/h3-6,12H,7-11H2,1-2H3/t12-/m0/s1. The molecule has 2 aromatic rings. The fourth-order valence-corrected chi connectivity index (χ4v) is 3.86. The first-order valence-electron chi connectivity index (χ1n) is 7.46. The molecule has 0 unspecified atom stereocenters. The normalized spacial score (nSPS) is 20.1. The number of aromatic nitrogens is 1. The molecule has 0 N–H and O–H groups in total. The molecule has 1 aromatic heterocycles. The Hall–Kier alpha value is -1.46. The lowest BCUT2D eigenvalue weighted by Gasteiger charge is -2.38. The number of fused-ring (bicyclic) bond motifs is 1. The Bertz CT molecular complexity index is 606. The van der Waals surface area contributed by atoms with Crippen molar-refractivity contribution in [3.63, 3.8) is 0 Å². The first kappa shape index (κ1) is 14.5. The van der Waals surface area contributed by atoms with Gasteiger partial charge in [-0.3, -0.25) is 4.79 Å². The van der Waals surface area contributed by atoms with Gasteiger partial charge in [-0.2, -0.15) is 0 Å². The number of rotatable bonds is 3. The van der Waals surface area contributed by atoms with Crippen LogP contribution in [0.1, 0.15) is 18.4 Å². The molecular weight excluding hydrogens is 282 g/mol. The number of aryl methyl sites for hydroxylation is 1. The number of carbonyl (C=O) groups excluding carboxylic acids is 1. The van der Waals surface area contributed by atoms with E-state index in [2.05, 4.69) is 29.9 Å². The van der Waals surface area contributed by atoms with Crippen molar-refractivity contribution in [2.24, 2.45) is 0 Å².